The highest BCUT2D eigenvalue weighted by molar-refractivity contribution is 14.1. The number of esters is 1. The lowest BCUT2D eigenvalue weighted by atomic mass is 10.0. The molecule has 1 fully saturated rings. The lowest BCUT2D eigenvalue weighted by Gasteiger charge is -2.16. The van der Waals surface area contributed by atoms with E-state index in [9.17, 15) is 4.79 Å². The number of carbonyl (C=O) groups excluding carboxylic acids is 1. The van der Waals surface area contributed by atoms with Crippen LogP contribution in [0.4, 0.5) is 0 Å². The van der Waals surface area contributed by atoms with Crippen molar-refractivity contribution in [3.8, 4) is 0 Å². The van der Waals surface area contributed by atoms with E-state index in [0.29, 0.717) is 0 Å². The number of rotatable bonds is 3. The Balaban J connectivity index is 1.93. The maximum absolute atomic E-state index is 12.1. The Morgan fingerprint density at radius 1 is 1.05 bits per heavy atom. The van der Waals surface area contributed by atoms with Gasteiger partial charge in [0.05, 0.1) is 7.11 Å². The first kappa shape index (κ1) is 15.5. The van der Waals surface area contributed by atoms with Gasteiger partial charge >= 0.3 is 5.97 Å². The van der Waals surface area contributed by atoms with Crippen molar-refractivity contribution in [1.82, 2.24) is 0 Å². The summed E-state index contributed by atoms with van der Waals surface area (Å²) in [4.78, 5) is 12.1. The third kappa shape index (κ3) is 3.02. The lowest BCUT2D eigenvalue weighted by molar-refractivity contribution is -0.154. The fraction of sp³-hybridized carbons (Fsp3) is 0.235. The minimum absolute atomic E-state index is 0.428. The van der Waals surface area contributed by atoms with Gasteiger partial charge in [-0.05, 0) is 34.2 Å². The van der Waals surface area contributed by atoms with Crippen LogP contribution in [0, 0.1) is 3.57 Å². The van der Waals surface area contributed by atoms with E-state index in [4.69, 9.17) is 14.2 Å². The zero-order valence-electron chi connectivity index (χ0n) is 11.9. The molecule has 0 amide bonds. The molecular weight excluding hydrogens is 395 g/mol. The molecule has 0 unspecified atom stereocenters. The quantitative estimate of drug-likeness (QED) is 0.573. The molecular formula is C17H15IO4. The number of benzene rings is 2. The van der Waals surface area contributed by atoms with Crippen molar-refractivity contribution in [3.05, 3.63) is 69.3 Å². The summed E-state index contributed by atoms with van der Waals surface area (Å²) in [6.07, 6.45) is -1.83. The lowest BCUT2D eigenvalue weighted by Crippen LogP contribution is -2.27. The second-order valence-corrected chi connectivity index (χ2v) is 6.06. The van der Waals surface area contributed by atoms with Gasteiger partial charge in [0, 0.05) is 9.13 Å². The predicted octanol–water partition coefficient (Wildman–Crippen LogP) is 3.62. The minimum Gasteiger partial charge on any atom is -0.467 e. The van der Waals surface area contributed by atoms with Gasteiger partial charge in [-0.25, -0.2) is 4.79 Å². The van der Waals surface area contributed by atoms with Gasteiger partial charge in [-0.15, -0.1) is 0 Å². The fourth-order valence-electron chi connectivity index (χ4n) is 2.45. The standard InChI is InChI=1S/C17H15IO4/c1-20-16(19)15-14(12-9-5-6-10-13(12)18)21-17(22-15)11-7-3-2-4-8-11/h2-10,14-15,17H,1H3/t14-,15-,17-/m1/s1. The normalized spacial score (nSPS) is 24.2. The van der Waals surface area contributed by atoms with Crippen molar-refractivity contribution >= 4 is 28.6 Å². The highest BCUT2D eigenvalue weighted by Crippen LogP contribution is 2.41. The average molecular weight is 410 g/mol. The monoisotopic (exact) mass is 410 g/mol. The van der Waals surface area contributed by atoms with Crippen molar-refractivity contribution < 1.29 is 19.0 Å². The first-order valence-electron chi connectivity index (χ1n) is 6.89. The van der Waals surface area contributed by atoms with Gasteiger partial charge in [-0.1, -0.05) is 48.5 Å². The zero-order valence-corrected chi connectivity index (χ0v) is 14.1. The molecule has 1 aliphatic heterocycles. The predicted molar refractivity (Wildman–Crippen MR) is 89.1 cm³/mol. The summed E-state index contributed by atoms with van der Waals surface area (Å²) < 4.78 is 17.7. The second-order valence-electron chi connectivity index (χ2n) is 4.90. The van der Waals surface area contributed by atoms with Crippen LogP contribution in [0.25, 0.3) is 0 Å². The Morgan fingerprint density at radius 3 is 2.41 bits per heavy atom. The van der Waals surface area contributed by atoms with E-state index < -0.39 is 24.5 Å². The molecule has 0 spiro atoms. The molecule has 4 nitrogen and oxygen atoms in total. The molecule has 114 valence electrons. The summed E-state index contributed by atoms with van der Waals surface area (Å²) in [5.74, 6) is -0.428. The first-order valence-corrected chi connectivity index (χ1v) is 7.96. The highest BCUT2D eigenvalue weighted by atomic mass is 127. The molecule has 3 atom stereocenters. The smallest absolute Gasteiger partial charge is 0.338 e. The van der Waals surface area contributed by atoms with Crippen LogP contribution in [0.15, 0.2) is 54.6 Å². The molecule has 0 aromatic heterocycles. The van der Waals surface area contributed by atoms with Crippen molar-refractivity contribution in [2.45, 2.75) is 18.5 Å². The zero-order chi connectivity index (χ0) is 15.5. The highest BCUT2D eigenvalue weighted by Gasteiger charge is 2.43. The van der Waals surface area contributed by atoms with Crippen LogP contribution in [0.5, 0.6) is 0 Å². The SMILES string of the molecule is COC(=O)[C@@H]1O[C@H](c2ccccc2)O[C@@H]1c1ccccc1I. The van der Waals surface area contributed by atoms with E-state index >= 15 is 0 Å². The topological polar surface area (TPSA) is 44.8 Å². The molecule has 0 saturated carbocycles. The number of halogens is 1. The van der Waals surface area contributed by atoms with Crippen LogP contribution in [-0.2, 0) is 19.0 Å². The molecule has 0 aliphatic carbocycles. The number of carbonyl (C=O) groups is 1. The van der Waals surface area contributed by atoms with Crippen molar-refractivity contribution in [3.63, 3.8) is 0 Å². The van der Waals surface area contributed by atoms with Gasteiger partial charge in [0.1, 0.15) is 6.10 Å². The van der Waals surface area contributed by atoms with Crippen molar-refractivity contribution in [2.75, 3.05) is 7.11 Å². The summed E-state index contributed by atoms with van der Waals surface area (Å²) in [5, 5.41) is 0. The number of hydrogen-bond donors (Lipinski definition) is 0. The summed E-state index contributed by atoms with van der Waals surface area (Å²) in [6, 6.07) is 17.4. The first-order chi connectivity index (χ1) is 10.7. The summed E-state index contributed by atoms with van der Waals surface area (Å²) in [6.45, 7) is 0. The molecule has 0 bridgehead atoms. The fourth-order valence-corrected chi connectivity index (χ4v) is 3.14. The molecule has 5 heteroatoms. The van der Waals surface area contributed by atoms with Gasteiger partial charge in [0.2, 0.25) is 0 Å². The maximum Gasteiger partial charge on any atom is 0.338 e. The molecule has 22 heavy (non-hydrogen) atoms. The van der Waals surface area contributed by atoms with E-state index in [1.54, 1.807) is 0 Å². The van der Waals surface area contributed by atoms with Crippen molar-refractivity contribution in [1.29, 1.82) is 0 Å². The largest absolute Gasteiger partial charge is 0.467 e. The van der Waals surface area contributed by atoms with E-state index in [-0.39, 0.29) is 0 Å². The number of methoxy groups -OCH3 is 1. The van der Waals surface area contributed by atoms with Gasteiger partial charge in [-0.3, -0.25) is 0 Å². The molecule has 2 aromatic rings. The molecule has 0 radical (unpaired) electrons. The van der Waals surface area contributed by atoms with Gasteiger partial charge < -0.3 is 14.2 Å². The Morgan fingerprint density at radius 2 is 1.73 bits per heavy atom. The van der Waals surface area contributed by atoms with E-state index in [1.165, 1.54) is 7.11 Å². The Labute approximate surface area is 142 Å². The minimum atomic E-state index is -0.772. The van der Waals surface area contributed by atoms with E-state index in [0.717, 1.165) is 14.7 Å². The Kier molecular flexibility index (Phi) is 4.75. The summed E-state index contributed by atoms with van der Waals surface area (Å²) >= 11 is 2.23. The number of ether oxygens (including phenoxy) is 3. The summed E-state index contributed by atoms with van der Waals surface area (Å²) in [5.41, 5.74) is 1.81. The Bertz CT molecular complexity index is 659. The summed E-state index contributed by atoms with van der Waals surface area (Å²) in [7, 11) is 1.36. The number of hydrogen-bond acceptors (Lipinski definition) is 4. The molecule has 3 rings (SSSR count). The van der Waals surface area contributed by atoms with Gasteiger partial charge in [-0.2, -0.15) is 0 Å². The third-order valence-electron chi connectivity index (χ3n) is 3.53. The van der Waals surface area contributed by atoms with Crippen LogP contribution in [0.1, 0.15) is 23.5 Å². The molecule has 1 heterocycles. The molecule has 1 saturated heterocycles. The van der Waals surface area contributed by atoms with E-state index in [2.05, 4.69) is 22.6 Å². The van der Waals surface area contributed by atoms with Crippen LogP contribution in [-0.4, -0.2) is 19.2 Å². The third-order valence-corrected chi connectivity index (χ3v) is 4.51. The van der Waals surface area contributed by atoms with E-state index in [1.807, 2.05) is 54.6 Å². The van der Waals surface area contributed by atoms with Crippen LogP contribution < -0.4 is 0 Å². The molecule has 0 N–H and O–H groups in total. The Hall–Kier alpha value is -1.44. The van der Waals surface area contributed by atoms with Crippen LogP contribution in [0.2, 0.25) is 0 Å². The molecule has 1 aliphatic rings. The average Bonchev–Trinajstić information content (AvgIpc) is 3.00. The van der Waals surface area contributed by atoms with Crippen LogP contribution >= 0.6 is 22.6 Å². The van der Waals surface area contributed by atoms with Gasteiger partial charge in [0.15, 0.2) is 12.4 Å². The maximum atomic E-state index is 12.1. The van der Waals surface area contributed by atoms with Crippen molar-refractivity contribution in [2.24, 2.45) is 0 Å². The molecule has 2 aromatic carbocycles. The van der Waals surface area contributed by atoms with Crippen LogP contribution in [0.3, 0.4) is 0 Å². The second kappa shape index (κ2) is 6.76. The van der Waals surface area contributed by atoms with Gasteiger partial charge in [0.25, 0.3) is 0 Å².